The molecule has 0 spiro atoms. The van der Waals surface area contributed by atoms with Crippen molar-refractivity contribution in [2.45, 2.75) is 26.3 Å². The lowest BCUT2D eigenvalue weighted by atomic mass is 9.99. The van der Waals surface area contributed by atoms with E-state index in [9.17, 15) is 14.7 Å². The van der Waals surface area contributed by atoms with Gasteiger partial charge in [0, 0.05) is 26.2 Å². The molecule has 2 fully saturated rings. The summed E-state index contributed by atoms with van der Waals surface area (Å²) < 4.78 is 13.0. The molecule has 1 aromatic carbocycles. The van der Waals surface area contributed by atoms with Gasteiger partial charge in [0.25, 0.3) is 11.7 Å². The number of benzene rings is 1. The summed E-state index contributed by atoms with van der Waals surface area (Å²) in [7, 11) is 0. The van der Waals surface area contributed by atoms with Crippen molar-refractivity contribution in [3.8, 4) is 5.69 Å². The SMILES string of the molecule is Cc1ccc([C@@H]2/C(=C(\O)c3cnn(-c4ccccc4)c3C)C(=O)C(=O)N2CCCN2CCOCC2)o1. The van der Waals surface area contributed by atoms with E-state index in [0.29, 0.717) is 49.0 Å². The van der Waals surface area contributed by atoms with Gasteiger partial charge in [-0.2, -0.15) is 5.10 Å². The maximum atomic E-state index is 13.3. The largest absolute Gasteiger partial charge is 0.507 e. The number of likely N-dealkylation sites (tertiary alicyclic amines) is 1. The molecule has 9 nitrogen and oxygen atoms in total. The van der Waals surface area contributed by atoms with Crippen molar-refractivity contribution in [2.75, 3.05) is 39.4 Å². The molecule has 1 atom stereocenters. The standard InChI is InChI=1S/C27H30N4O5/c1-18-9-10-22(36-18)24-23(25(32)21-17-28-31(19(21)2)20-7-4-3-5-8-20)26(33)27(34)30(24)12-6-11-29-13-15-35-16-14-29/h3-5,7-10,17,24,32H,6,11-16H2,1-2H3/b25-23+/t24-/m1/s1. The van der Waals surface area contributed by atoms with Gasteiger partial charge in [0.2, 0.25) is 0 Å². The first-order chi connectivity index (χ1) is 17.5. The molecule has 2 saturated heterocycles. The third-order valence-corrected chi connectivity index (χ3v) is 6.81. The average molecular weight is 491 g/mol. The van der Waals surface area contributed by atoms with Gasteiger partial charge in [0.1, 0.15) is 23.3 Å². The van der Waals surface area contributed by atoms with Gasteiger partial charge in [-0.3, -0.25) is 14.5 Å². The fourth-order valence-corrected chi connectivity index (χ4v) is 4.91. The first-order valence-corrected chi connectivity index (χ1v) is 12.2. The summed E-state index contributed by atoms with van der Waals surface area (Å²) in [5.74, 6) is -0.483. The van der Waals surface area contributed by atoms with E-state index in [1.807, 2.05) is 44.2 Å². The van der Waals surface area contributed by atoms with Crippen molar-refractivity contribution in [3.05, 3.63) is 77.0 Å². The first kappa shape index (κ1) is 24.0. The van der Waals surface area contributed by atoms with Crippen LogP contribution in [0.2, 0.25) is 0 Å². The Morgan fingerprint density at radius 3 is 2.50 bits per heavy atom. The van der Waals surface area contributed by atoms with Crippen LogP contribution in [0.4, 0.5) is 0 Å². The number of aryl methyl sites for hydroxylation is 1. The van der Waals surface area contributed by atoms with E-state index in [4.69, 9.17) is 9.15 Å². The Kier molecular flexibility index (Phi) is 6.75. The molecule has 2 aromatic heterocycles. The quantitative estimate of drug-likeness (QED) is 0.308. The van der Waals surface area contributed by atoms with Crippen LogP contribution in [-0.2, 0) is 14.3 Å². The molecule has 4 heterocycles. The zero-order valence-corrected chi connectivity index (χ0v) is 20.5. The Labute approximate surface area is 209 Å². The number of ketones is 1. The van der Waals surface area contributed by atoms with Gasteiger partial charge in [0.05, 0.1) is 41.9 Å². The fourth-order valence-electron chi connectivity index (χ4n) is 4.91. The summed E-state index contributed by atoms with van der Waals surface area (Å²) in [5, 5.41) is 15.8. The number of morpholine rings is 1. The summed E-state index contributed by atoms with van der Waals surface area (Å²) in [6, 6.07) is 12.3. The summed E-state index contributed by atoms with van der Waals surface area (Å²) >= 11 is 0. The van der Waals surface area contributed by atoms with Crippen molar-refractivity contribution in [1.82, 2.24) is 19.6 Å². The number of furan rings is 1. The number of hydrogen-bond donors (Lipinski definition) is 1. The smallest absolute Gasteiger partial charge is 0.295 e. The zero-order valence-electron chi connectivity index (χ0n) is 20.5. The van der Waals surface area contributed by atoms with Crippen LogP contribution >= 0.6 is 0 Å². The third kappa shape index (κ3) is 4.47. The summed E-state index contributed by atoms with van der Waals surface area (Å²) in [6.07, 6.45) is 2.21. The molecule has 2 aliphatic rings. The van der Waals surface area contributed by atoms with Crippen LogP contribution in [0.5, 0.6) is 0 Å². The predicted molar refractivity (Wildman–Crippen MR) is 133 cm³/mol. The molecular weight excluding hydrogens is 460 g/mol. The van der Waals surface area contributed by atoms with E-state index in [-0.39, 0.29) is 11.3 Å². The van der Waals surface area contributed by atoms with Crippen LogP contribution in [0.1, 0.15) is 35.2 Å². The molecule has 9 heteroatoms. The molecule has 5 rings (SSSR count). The highest BCUT2D eigenvalue weighted by molar-refractivity contribution is 6.46. The fraction of sp³-hybridized carbons (Fsp3) is 0.370. The van der Waals surface area contributed by atoms with Crippen LogP contribution < -0.4 is 0 Å². The van der Waals surface area contributed by atoms with Gasteiger partial charge >= 0.3 is 0 Å². The number of ether oxygens (including phenoxy) is 1. The molecule has 3 aromatic rings. The summed E-state index contributed by atoms with van der Waals surface area (Å²) in [6.45, 7) is 7.89. The maximum Gasteiger partial charge on any atom is 0.295 e. The van der Waals surface area contributed by atoms with Crippen molar-refractivity contribution >= 4 is 17.4 Å². The number of rotatable bonds is 7. The first-order valence-electron chi connectivity index (χ1n) is 12.2. The summed E-state index contributed by atoms with van der Waals surface area (Å²) in [5.41, 5.74) is 1.91. The highest BCUT2D eigenvalue weighted by atomic mass is 16.5. The van der Waals surface area contributed by atoms with Crippen LogP contribution in [0.3, 0.4) is 0 Å². The molecule has 0 bridgehead atoms. The molecule has 2 aliphatic heterocycles. The van der Waals surface area contributed by atoms with E-state index < -0.39 is 17.7 Å². The molecule has 1 N–H and O–H groups in total. The normalized spacial score (nSPS) is 20.4. The molecule has 188 valence electrons. The zero-order chi connectivity index (χ0) is 25.2. The van der Waals surface area contributed by atoms with Crippen LogP contribution in [0, 0.1) is 13.8 Å². The number of carbonyl (C=O) groups is 2. The highest BCUT2D eigenvalue weighted by Crippen LogP contribution is 2.40. The Balaban J connectivity index is 1.49. The number of aliphatic hydroxyl groups excluding tert-OH is 1. The molecule has 0 unspecified atom stereocenters. The van der Waals surface area contributed by atoms with Gasteiger partial charge in [-0.25, -0.2) is 4.68 Å². The second-order valence-electron chi connectivity index (χ2n) is 9.14. The third-order valence-electron chi connectivity index (χ3n) is 6.81. The lowest BCUT2D eigenvalue weighted by Gasteiger charge is -2.28. The topological polar surface area (TPSA) is 101 Å². The second-order valence-corrected chi connectivity index (χ2v) is 9.14. The van der Waals surface area contributed by atoms with Gasteiger partial charge in [-0.1, -0.05) is 18.2 Å². The Morgan fingerprint density at radius 2 is 1.81 bits per heavy atom. The number of carbonyl (C=O) groups excluding carboxylic acids is 2. The number of para-hydroxylation sites is 1. The van der Waals surface area contributed by atoms with E-state index >= 15 is 0 Å². The number of amides is 1. The maximum absolute atomic E-state index is 13.3. The molecule has 36 heavy (non-hydrogen) atoms. The van der Waals surface area contributed by atoms with Gasteiger partial charge in [-0.15, -0.1) is 0 Å². The van der Waals surface area contributed by atoms with Gasteiger partial charge in [0.15, 0.2) is 0 Å². The molecule has 0 saturated carbocycles. The molecule has 1 amide bonds. The van der Waals surface area contributed by atoms with Crippen molar-refractivity contribution in [3.63, 3.8) is 0 Å². The van der Waals surface area contributed by atoms with Crippen molar-refractivity contribution < 1.29 is 23.8 Å². The van der Waals surface area contributed by atoms with E-state index in [0.717, 1.165) is 25.3 Å². The van der Waals surface area contributed by atoms with E-state index in [1.165, 1.54) is 11.1 Å². The lowest BCUT2D eigenvalue weighted by Crippen LogP contribution is -2.38. The number of aliphatic hydroxyl groups is 1. The van der Waals surface area contributed by atoms with Crippen molar-refractivity contribution in [2.24, 2.45) is 0 Å². The Hall–Kier alpha value is -3.69. The number of aromatic nitrogens is 2. The van der Waals surface area contributed by atoms with Crippen LogP contribution in [-0.4, -0.2) is 75.8 Å². The minimum atomic E-state index is -0.803. The van der Waals surface area contributed by atoms with E-state index in [2.05, 4.69) is 10.00 Å². The number of nitrogens with zero attached hydrogens (tertiary/aromatic N) is 4. The lowest BCUT2D eigenvalue weighted by molar-refractivity contribution is -0.140. The average Bonchev–Trinajstić information content (AvgIpc) is 3.57. The highest BCUT2D eigenvalue weighted by Gasteiger charge is 2.47. The van der Waals surface area contributed by atoms with Gasteiger partial charge < -0.3 is 19.2 Å². The second kappa shape index (κ2) is 10.1. The predicted octanol–water partition coefficient (Wildman–Crippen LogP) is 3.23. The number of hydrogen-bond acceptors (Lipinski definition) is 7. The number of Topliss-reactive ketones (excluding diaryl/α,β-unsaturated/α-hetero) is 1. The molecule has 0 aliphatic carbocycles. The van der Waals surface area contributed by atoms with E-state index in [1.54, 1.807) is 16.8 Å². The van der Waals surface area contributed by atoms with Crippen LogP contribution in [0.15, 0.2) is 58.7 Å². The summed E-state index contributed by atoms with van der Waals surface area (Å²) in [4.78, 5) is 30.2. The van der Waals surface area contributed by atoms with Crippen LogP contribution in [0.25, 0.3) is 11.4 Å². The van der Waals surface area contributed by atoms with Gasteiger partial charge in [-0.05, 0) is 44.5 Å². The Bertz CT molecular complexity index is 1290. The minimum absolute atomic E-state index is 0.0245. The Morgan fingerprint density at radius 1 is 1.06 bits per heavy atom. The van der Waals surface area contributed by atoms with Crippen molar-refractivity contribution in [1.29, 1.82) is 0 Å². The minimum Gasteiger partial charge on any atom is -0.507 e. The molecular formula is C27H30N4O5. The molecule has 0 radical (unpaired) electrons. The monoisotopic (exact) mass is 490 g/mol.